The van der Waals surface area contributed by atoms with Gasteiger partial charge < -0.3 is 11.5 Å². The fraction of sp³-hybridized carbons (Fsp3) is 0.294. The Morgan fingerprint density at radius 1 is 1.17 bits per heavy atom. The van der Waals surface area contributed by atoms with Crippen LogP contribution in [0.4, 0.5) is 4.39 Å². The van der Waals surface area contributed by atoms with Crippen molar-refractivity contribution in [3.63, 3.8) is 0 Å². The Labute approximate surface area is 135 Å². The Morgan fingerprint density at radius 2 is 1.83 bits per heavy atom. The third kappa shape index (κ3) is 2.56. The fourth-order valence-corrected chi connectivity index (χ4v) is 5.51. The first kappa shape index (κ1) is 16.1. The zero-order valence-electron chi connectivity index (χ0n) is 12.7. The highest BCUT2D eigenvalue weighted by Crippen LogP contribution is 2.55. The standard InChI is InChI=1S/C17H19FN2O2S/c1-11-5-7-14(8-6-11)23(21,22)16-15(17(16,20)10-19)12-3-2-4-13(18)9-12/h2-9,15-16H,10,19-20H2,1H3/t15-,16-,17-/m0/s1. The highest BCUT2D eigenvalue weighted by Gasteiger charge is 2.68. The molecule has 2 aromatic rings. The number of nitrogens with two attached hydrogens (primary N) is 2. The lowest BCUT2D eigenvalue weighted by Gasteiger charge is -2.09. The van der Waals surface area contributed by atoms with Crippen LogP contribution in [0, 0.1) is 12.7 Å². The first-order valence-electron chi connectivity index (χ1n) is 7.35. The molecule has 1 saturated carbocycles. The lowest BCUT2D eigenvalue weighted by molar-refractivity contribution is 0.586. The molecule has 0 aromatic heterocycles. The van der Waals surface area contributed by atoms with Gasteiger partial charge in [-0.05, 0) is 36.8 Å². The summed E-state index contributed by atoms with van der Waals surface area (Å²) >= 11 is 0. The van der Waals surface area contributed by atoms with Gasteiger partial charge in [0.15, 0.2) is 9.84 Å². The van der Waals surface area contributed by atoms with Crippen molar-refractivity contribution in [1.82, 2.24) is 0 Å². The molecule has 0 radical (unpaired) electrons. The SMILES string of the molecule is Cc1ccc(S(=O)(=O)[C@H]2[C@H](c3cccc(F)c3)[C@@]2(N)CN)cc1. The Morgan fingerprint density at radius 3 is 2.39 bits per heavy atom. The van der Waals surface area contributed by atoms with Crippen LogP contribution in [0.2, 0.25) is 0 Å². The molecule has 4 nitrogen and oxygen atoms in total. The fourth-order valence-electron chi connectivity index (χ4n) is 3.19. The molecule has 0 spiro atoms. The summed E-state index contributed by atoms with van der Waals surface area (Å²) in [5.74, 6) is -0.922. The van der Waals surface area contributed by atoms with Crippen LogP contribution in [0.3, 0.4) is 0 Å². The molecule has 23 heavy (non-hydrogen) atoms. The summed E-state index contributed by atoms with van der Waals surface area (Å²) in [4.78, 5) is 0.218. The molecule has 1 fully saturated rings. The smallest absolute Gasteiger partial charge is 0.183 e. The maximum atomic E-state index is 13.5. The van der Waals surface area contributed by atoms with Crippen LogP contribution in [0.15, 0.2) is 53.4 Å². The largest absolute Gasteiger partial charge is 0.329 e. The molecule has 122 valence electrons. The van der Waals surface area contributed by atoms with Crippen LogP contribution < -0.4 is 11.5 Å². The number of hydrogen-bond donors (Lipinski definition) is 2. The van der Waals surface area contributed by atoms with Crippen molar-refractivity contribution in [1.29, 1.82) is 0 Å². The van der Waals surface area contributed by atoms with E-state index in [1.807, 2.05) is 6.92 Å². The van der Waals surface area contributed by atoms with E-state index in [2.05, 4.69) is 0 Å². The molecular weight excluding hydrogens is 315 g/mol. The number of sulfone groups is 1. The first-order valence-corrected chi connectivity index (χ1v) is 8.90. The number of benzene rings is 2. The second-order valence-corrected chi connectivity index (χ2v) is 8.20. The number of aryl methyl sites for hydroxylation is 1. The minimum atomic E-state index is -3.64. The van der Waals surface area contributed by atoms with Gasteiger partial charge in [-0.25, -0.2) is 12.8 Å². The maximum Gasteiger partial charge on any atom is 0.183 e. The van der Waals surface area contributed by atoms with E-state index in [0.29, 0.717) is 5.56 Å². The summed E-state index contributed by atoms with van der Waals surface area (Å²) in [6.45, 7) is 1.90. The highest BCUT2D eigenvalue weighted by atomic mass is 32.2. The van der Waals surface area contributed by atoms with Crippen LogP contribution in [0.1, 0.15) is 17.0 Å². The molecule has 0 unspecified atom stereocenters. The molecule has 1 aliphatic rings. The second kappa shape index (κ2) is 5.40. The summed E-state index contributed by atoms with van der Waals surface area (Å²) in [7, 11) is -3.64. The van der Waals surface area contributed by atoms with Gasteiger partial charge in [-0.15, -0.1) is 0 Å². The van der Waals surface area contributed by atoms with Crippen LogP contribution in [0.25, 0.3) is 0 Å². The first-order chi connectivity index (χ1) is 10.8. The van der Waals surface area contributed by atoms with Gasteiger partial charge in [-0.2, -0.15) is 0 Å². The zero-order chi connectivity index (χ0) is 16.8. The van der Waals surface area contributed by atoms with Gasteiger partial charge in [0.2, 0.25) is 0 Å². The molecule has 0 bridgehead atoms. The van der Waals surface area contributed by atoms with Crippen LogP contribution in [-0.4, -0.2) is 25.8 Å². The number of hydrogen-bond acceptors (Lipinski definition) is 4. The Balaban J connectivity index is 2.03. The van der Waals surface area contributed by atoms with Gasteiger partial charge in [-0.3, -0.25) is 0 Å². The Bertz CT molecular complexity index is 836. The van der Waals surface area contributed by atoms with Crippen molar-refractivity contribution in [2.75, 3.05) is 6.54 Å². The van der Waals surface area contributed by atoms with Gasteiger partial charge in [0.1, 0.15) is 5.82 Å². The van der Waals surface area contributed by atoms with Crippen molar-refractivity contribution in [2.45, 2.75) is 28.5 Å². The summed E-state index contributed by atoms with van der Waals surface area (Å²) < 4.78 is 39.3. The molecule has 2 aromatic carbocycles. The van der Waals surface area contributed by atoms with Gasteiger partial charge in [0.25, 0.3) is 0 Å². The molecule has 1 aliphatic carbocycles. The van der Waals surface area contributed by atoms with E-state index in [9.17, 15) is 12.8 Å². The number of halogens is 1. The van der Waals surface area contributed by atoms with Gasteiger partial charge in [-0.1, -0.05) is 29.8 Å². The second-order valence-electron chi connectivity index (χ2n) is 6.13. The van der Waals surface area contributed by atoms with Crippen molar-refractivity contribution in [3.8, 4) is 0 Å². The van der Waals surface area contributed by atoms with Crippen LogP contribution >= 0.6 is 0 Å². The topological polar surface area (TPSA) is 86.2 Å². The van der Waals surface area contributed by atoms with Crippen LogP contribution in [-0.2, 0) is 9.84 Å². The monoisotopic (exact) mass is 334 g/mol. The van der Waals surface area contributed by atoms with E-state index in [-0.39, 0.29) is 11.4 Å². The Hall–Kier alpha value is -1.76. The summed E-state index contributed by atoms with van der Waals surface area (Å²) in [5, 5.41) is -0.843. The molecule has 6 heteroatoms. The molecule has 0 heterocycles. The van der Waals surface area contributed by atoms with E-state index < -0.39 is 32.4 Å². The van der Waals surface area contributed by atoms with Crippen LogP contribution in [0.5, 0.6) is 0 Å². The predicted octanol–water partition coefficient (Wildman–Crippen LogP) is 1.73. The molecule has 3 rings (SSSR count). The molecule has 3 atom stereocenters. The minimum Gasteiger partial charge on any atom is -0.329 e. The third-order valence-electron chi connectivity index (χ3n) is 4.55. The maximum absolute atomic E-state index is 13.5. The lowest BCUT2D eigenvalue weighted by Crippen LogP contribution is -2.39. The molecule has 0 saturated heterocycles. The van der Waals surface area contributed by atoms with Gasteiger partial charge in [0, 0.05) is 12.5 Å². The molecule has 0 amide bonds. The van der Waals surface area contributed by atoms with Crippen molar-refractivity contribution in [2.24, 2.45) is 11.5 Å². The average Bonchev–Trinajstić information content (AvgIpc) is 3.15. The van der Waals surface area contributed by atoms with Gasteiger partial charge in [0.05, 0.1) is 15.7 Å². The Kier molecular flexibility index (Phi) is 3.78. The quantitative estimate of drug-likeness (QED) is 0.891. The molecule has 4 N–H and O–H groups in total. The van der Waals surface area contributed by atoms with E-state index >= 15 is 0 Å². The van der Waals surface area contributed by atoms with Crippen molar-refractivity contribution >= 4 is 9.84 Å². The van der Waals surface area contributed by atoms with E-state index in [0.717, 1.165) is 5.56 Å². The molecule has 0 aliphatic heterocycles. The zero-order valence-corrected chi connectivity index (χ0v) is 13.6. The van der Waals surface area contributed by atoms with Crippen molar-refractivity contribution in [3.05, 3.63) is 65.5 Å². The normalized spacial score (nSPS) is 27.0. The van der Waals surface area contributed by atoms with E-state index in [1.54, 1.807) is 36.4 Å². The number of rotatable bonds is 4. The summed E-state index contributed by atoms with van der Waals surface area (Å²) in [6, 6.07) is 12.5. The van der Waals surface area contributed by atoms with E-state index in [4.69, 9.17) is 11.5 Å². The lowest BCUT2D eigenvalue weighted by atomic mass is 10.1. The predicted molar refractivity (Wildman–Crippen MR) is 87.3 cm³/mol. The average molecular weight is 334 g/mol. The van der Waals surface area contributed by atoms with E-state index in [1.165, 1.54) is 12.1 Å². The summed E-state index contributed by atoms with van der Waals surface area (Å²) in [6.07, 6.45) is 0. The highest BCUT2D eigenvalue weighted by molar-refractivity contribution is 7.92. The third-order valence-corrected chi connectivity index (χ3v) is 6.86. The minimum absolute atomic E-state index is 0.0178. The van der Waals surface area contributed by atoms with Gasteiger partial charge >= 0.3 is 0 Å². The van der Waals surface area contributed by atoms with Crippen molar-refractivity contribution < 1.29 is 12.8 Å². The molecular formula is C17H19FN2O2S. The summed E-state index contributed by atoms with van der Waals surface area (Å²) in [5.41, 5.74) is 12.5.